The van der Waals surface area contributed by atoms with Crippen LogP contribution in [0.1, 0.15) is 18.4 Å². The Bertz CT molecular complexity index is 987. The lowest BCUT2D eigenvalue weighted by Crippen LogP contribution is -2.41. The summed E-state index contributed by atoms with van der Waals surface area (Å²) in [6.45, 7) is 1.68. The van der Waals surface area contributed by atoms with Crippen molar-refractivity contribution < 1.29 is 24.2 Å². The Morgan fingerprint density at radius 1 is 1.00 bits per heavy atom. The number of aliphatic hydroxyl groups is 1. The highest BCUT2D eigenvalue weighted by atomic mass is 16.5. The highest BCUT2D eigenvalue weighted by molar-refractivity contribution is 6.35. The van der Waals surface area contributed by atoms with Gasteiger partial charge < -0.3 is 19.5 Å². The van der Waals surface area contributed by atoms with Crippen LogP contribution in [0.25, 0.3) is 5.57 Å². The number of nitrogens with zero attached hydrogens (tertiary/aromatic N) is 2. The smallest absolute Gasteiger partial charge is 0.277 e. The molecule has 0 aliphatic carbocycles. The van der Waals surface area contributed by atoms with Crippen molar-refractivity contribution in [2.75, 3.05) is 40.0 Å². The number of likely N-dealkylation sites (tertiary alicyclic amines) is 1. The van der Waals surface area contributed by atoms with Crippen LogP contribution in [0.15, 0.2) is 60.3 Å². The van der Waals surface area contributed by atoms with Gasteiger partial charge in [-0.25, -0.2) is 0 Å². The van der Waals surface area contributed by atoms with Crippen LogP contribution in [0.4, 0.5) is 0 Å². The SMILES string of the molecule is COc1ccc(OCCN2C(=O)C(c3ccccc3)=C(N3CCCC(CO)C3)C2=O)cc1. The molecule has 2 aromatic rings. The fourth-order valence-electron chi connectivity index (χ4n) is 4.27. The number of carbonyl (C=O) groups is 2. The molecule has 2 heterocycles. The van der Waals surface area contributed by atoms with Crippen LogP contribution < -0.4 is 9.47 Å². The Morgan fingerprint density at radius 3 is 2.41 bits per heavy atom. The van der Waals surface area contributed by atoms with Crippen LogP contribution in [-0.4, -0.2) is 66.7 Å². The average molecular weight is 437 g/mol. The Hall–Kier alpha value is -3.32. The summed E-state index contributed by atoms with van der Waals surface area (Å²) in [6, 6.07) is 16.5. The molecule has 168 valence electrons. The van der Waals surface area contributed by atoms with Crippen molar-refractivity contribution in [2.45, 2.75) is 12.8 Å². The molecule has 0 bridgehead atoms. The van der Waals surface area contributed by atoms with Crippen molar-refractivity contribution in [2.24, 2.45) is 5.92 Å². The van der Waals surface area contributed by atoms with E-state index in [0.29, 0.717) is 30.1 Å². The van der Waals surface area contributed by atoms with Gasteiger partial charge in [-0.05, 0) is 48.6 Å². The predicted octanol–water partition coefficient (Wildman–Crippen LogP) is 2.56. The lowest BCUT2D eigenvalue weighted by molar-refractivity contribution is -0.138. The molecular formula is C25H28N2O5. The molecule has 4 rings (SSSR count). The lowest BCUT2D eigenvalue weighted by Gasteiger charge is -2.34. The first-order valence-corrected chi connectivity index (χ1v) is 10.9. The van der Waals surface area contributed by atoms with E-state index in [1.165, 1.54) is 4.90 Å². The third-order valence-electron chi connectivity index (χ3n) is 5.94. The first-order valence-electron chi connectivity index (χ1n) is 10.9. The van der Waals surface area contributed by atoms with Crippen molar-refractivity contribution in [3.63, 3.8) is 0 Å². The largest absolute Gasteiger partial charge is 0.497 e. The first-order chi connectivity index (χ1) is 15.6. The summed E-state index contributed by atoms with van der Waals surface area (Å²) in [5.74, 6) is 0.865. The molecule has 7 heteroatoms. The van der Waals surface area contributed by atoms with E-state index < -0.39 is 0 Å². The van der Waals surface area contributed by atoms with Gasteiger partial charge in [-0.2, -0.15) is 0 Å². The number of aliphatic hydroxyl groups excluding tert-OH is 1. The van der Waals surface area contributed by atoms with Crippen molar-refractivity contribution >= 4 is 17.4 Å². The van der Waals surface area contributed by atoms with E-state index in [2.05, 4.69) is 0 Å². The number of methoxy groups -OCH3 is 1. The molecular weight excluding hydrogens is 408 g/mol. The number of benzene rings is 2. The Kier molecular flexibility index (Phi) is 6.75. The third kappa shape index (κ3) is 4.48. The van der Waals surface area contributed by atoms with E-state index in [-0.39, 0.29) is 37.5 Å². The molecule has 0 spiro atoms. The molecule has 7 nitrogen and oxygen atoms in total. The van der Waals surface area contributed by atoms with E-state index in [1.54, 1.807) is 31.4 Å². The molecule has 2 amide bonds. The van der Waals surface area contributed by atoms with Gasteiger partial charge in [0.05, 0.1) is 19.2 Å². The quantitative estimate of drug-likeness (QED) is 0.641. The lowest BCUT2D eigenvalue weighted by atomic mass is 9.97. The molecule has 2 aliphatic heterocycles. The van der Waals surface area contributed by atoms with Gasteiger partial charge in [-0.3, -0.25) is 14.5 Å². The molecule has 1 fully saturated rings. The predicted molar refractivity (Wildman–Crippen MR) is 120 cm³/mol. The van der Waals surface area contributed by atoms with Crippen LogP contribution in [0, 0.1) is 5.92 Å². The summed E-state index contributed by atoms with van der Waals surface area (Å²) >= 11 is 0. The second-order valence-electron chi connectivity index (χ2n) is 8.01. The highest BCUT2D eigenvalue weighted by Gasteiger charge is 2.42. The van der Waals surface area contributed by atoms with Crippen LogP contribution >= 0.6 is 0 Å². The summed E-state index contributed by atoms with van der Waals surface area (Å²) < 4.78 is 10.9. The summed E-state index contributed by atoms with van der Waals surface area (Å²) in [7, 11) is 1.60. The molecule has 0 aromatic heterocycles. The van der Waals surface area contributed by atoms with Gasteiger partial charge in [0.25, 0.3) is 11.8 Å². The Morgan fingerprint density at radius 2 is 1.72 bits per heavy atom. The number of piperidine rings is 1. The van der Waals surface area contributed by atoms with E-state index in [1.807, 2.05) is 35.2 Å². The number of rotatable bonds is 8. The van der Waals surface area contributed by atoms with Gasteiger partial charge in [0, 0.05) is 19.7 Å². The van der Waals surface area contributed by atoms with E-state index >= 15 is 0 Å². The number of hydrogen-bond acceptors (Lipinski definition) is 6. The summed E-state index contributed by atoms with van der Waals surface area (Å²) in [6.07, 6.45) is 1.79. The second kappa shape index (κ2) is 9.87. The summed E-state index contributed by atoms with van der Waals surface area (Å²) in [5, 5.41) is 9.63. The van der Waals surface area contributed by atoms with Gasteiger partial charge in [0.15, 0.2) is 0 Å². The monoisotopic (exact) mass is 436 g/mol. The number of hydrogen-bond donors (Lipinski definition) is 1. The molecule has 2 aliphatic rings. The zero-order valence-corrected chi connectivity index (χ0v) is 18.2. The number of amides is 2. The molecule has 0 saturated carbocycles. The number of carbonyl (C=O) groups excluding carboxylic acids is 2. The van der Waals surface area contributed by atoms with E-state index in [4.69, 9.17) is 9.47 Å². The minimum Gasteiger partial charge on any atom is -0.497 e. The van der Waals surface area contributed by atoms with Crippen LogP contribution in [0.5, 0.6) is 11.5 Å². The fourth-order valence-corrected chi connectivity index (χ4v) is 4.27. The summed E-state index contributed by atoms with van der Waals surface area (Å²) in [5.41, 5.74) is 1.59. The fraction of sp³-hybridized carbons (Fsp3) is 0.360. The molecule has 1 N–H and O–H groups in total. The zero-order valence-electron chi connectivity index (χ0n) is 18.2. The number of imide groups is 1. The zero-order chi connectivity index (χ0) is 22.5. The maximum atomic E-state index is 13.4. The molecule has 2 aromatic carbocycles. The van der Waals surface area contributed by atoms with E-state index in [9.17, 15) is 14.7 Å². The van der Waals surface area contributed by atoms with E-state index in [0.717, 1.165) is 24.2 Å². The highest BCUT2D eigenvalue weighted by Crippen LogP contribution is 2.33. The van der Waals surface area contributed by atoms with Gasteiger partial charge in [-0.15, -0.1) is 0 Å². The topological polar surface area (TPSA) is 79.3 Å². The summed E-state index contributed by atoms with van der Waals surface area (Å²) in [4.78, 5) is 30.0. The minimum atomic E-state index is -0.305. The van der Waals surface area contributed by atoms with Crippen molar-refractivity contribution in [1.29, 1.82) is 0 Å². The molecule has 0 radical (unpaired) electrons. The maximum absolute atomic E-state index is 13.4. The van der Waals surface area contributed by atoms with Crippen molar-refractivity contribution in [3.05, 3.63) is 65.9 Å². The molecule has 32 heavy (non-hydrogen) atoms. The van der Waals surface area contributed by atoms with Gasteiger partial charge in [-0.1, -0.05) is 30.3 Å². The maximum Gasteiger partial charge on any atom is 0.277 e. The van der Waals surface area contributed by atoms with Gasteiger partial charge in [0.2, 0.25) is 0 Å². The normalized spacial score (nSPS) is 19.0. The van der Waals surface area contributed by atoms with Gasteiger partial charge >= 0.3 is 0 Å². The Labute approximate surface area is 187 Å². The minimum absolute atomic E-state index is 0.0754. The second-order valence-corrected chi connectivity index (χ2v) is 8.01. The average Bonchev–Trinajstić information content (AvgIpc) is 3.09. The Balaban J connectivity index is 1.53. The van der Waals surface area contributed by atoms with Gasteiger partial charge in [0.1, 0.15) is 23.8 Å². The standard InChI is InChI=1S/C25H28N2O5/c1-31-20-9-11-21(12-10-20)32-15-14-27-24(29)22(19-7-3-2-4-8-19)23(25(27)30)26-13-5-6-18(16-26)17-28/h2-4,7-12,18,28H,5-6,13-17H2,1H3. The molecule has 1 saturated heterocycles. The van der Waals surface area contributed by atoms with Crippen molar-refractivity contribution in [1.82, 2.24) is 9.80 Å². The van der Waals surface area contributed by atoms with Crippen LogP contribution in [-0.2, 0) is 9.59 Å². The van der Waals surface area contributed by atoms with Crippen molar-refractivity contribution in [3.8, 4) is 11.5 Å². The van der Waals surface area contributed by atoms with Crippen LogP contribution in [0.2, 0.25) is 0 Å². The van der Waals surface area contributed by atoms with Crippen LogP contribution in [0.3, 0.4) is 0 Å². The first kappa shape index (κ1) is 21.9. The number of ether oxygens (including phenoxy) is 2. The molecule has 1 unspecified atom stereocenters. The third-order valence-corrected chi connectivity index (χ3v) is 5.94. The molecule has 1 atom stereocenters.